The van der Waals surface area contributed by atoms with Gasteiger partial charge in [0.15, 0.2) is 5.58 Å². The Hall–Kier alpha value is -1.55. The largest absolute Gasteiger partial charge is 0.417 e. The van der Waals surface area contributed by atoms with Crippen LogP contribution in [0.25, 0.3) is 11.1 Å². The normalized spacial score (nSPS) is 13.1. The van der Waals surface area contributed by atoms with Crippen molar-refractivity contribution in [2.24, 2.45) is 5.92 Å². The van der Waals surface area contributed by atoms with Gasteiger partial charge in [0.2, 0.25) is 0 Å². The number of aliphatic hydroxyl groups excluding tert-OH is 1. The quantitative estimate of drug-likeness (QED) is 0.825. The molecule has 86 valence electrons. The van der Waals surface area contributed by atoms with Crippen molar-refractivity contribution >= 4 is 11.1 Å². The Kier molecular flexibility index (Phi) is 3.10. The van der Waals surface area contributed by atoms with E-state index in [0.29, 0.717) is 11.1 Å². The summed E-state index contributed by atoms with van der Waals surface area (Å²) in [5.74, 6) is -0.163. The predicted octanol–water partition coefficient (Wildman–Crippen LogP) is 1.68. The summed E-state index contributed by atoms with van der Waals surface area (Å²) in [5, 5.41) is 9.13. The minimum atomic E-state index is -0.429. The number of oxazole rings is 1. The molecular weight excluding hydrogens is 206 g/mol. The lowest BCUT2D eigenvalue weighted by molar-refractivity contribution is 0.222. The number of aromatic nitrogens is 1. The SMILES string of the molecule is CCC(CO)Cc1ccc2[nH]c(=O)oc2c1. The number of fused-ring (bicyclic) bond motifs is 1. The monoisotopic (exact) mass is 221 g/mol. The summed E-state index contributed by atoms with van der Waals surface area (Å²) in [6, 6.07) is 5.64. The van der Waals surface area contributed by atoms with Crippen LogP contribution in [-0.2, 0) is 6.42 Å². The molecule has 2 rings (SSSR count). The third-order valence-electron chi connectivity index (χ3n) is 2.85. The molecule has 0 radical (unpaired) electrons. The predicted molar refractivity (Wildman–Crippen MR) is 61.4 cm³/mol. The molecule has 1 aromatic heterocycles. The van der Waals surface area contributed by atoms with Crippen molar-refractivity contribution in [3.8, 4) is 0 Å². The summed E-state index contributed by atoms with van der Waals surface area (Å²) < 4.78 is 4.98. The van der Waals surface area contributed by atoms with Gasteiger partial charge in [0, 0.05) is 6.61 Å². The maximum atomic E-state index is 11.0. The van der Waals surface area contributed by atoms with E-state index in [1.165, 1.54) is 0 Å². The zero-order chi connectivity index (χ0) is 11.5. The zero-order valence-electron chi connectivity index (χ0n) is 9.19. The molecule has 1 unspecified atom stereocenters. The van der Waals surface area contributed by atoms with Crippen LogP contribution in [0.1, 0.15) is 18.9 Å². The molecule has 0 amide bonds. The van der Waals surface area contributed by atoms with Crippen LogP contribution >= 0.6 is 0 Å². The molecule has 16 heavy (non-hydrogen) atoms. The second-order valence-electron chi connectivity index (χ2n) is 4.01. The van der Waals surface area contributed by atoms with E-state index in [4.69, 9.17) is 9.52 Å². The summed E-state index contributed by atoms with van der Waals surface area (Å²) in [6.07, 6.45) is 1.74. The molecule has 0 spiro atoms. The third kappa shape index (κ3) is 2.17. The first-order valence-electron chi connectivity index (χ1n) is 5.45. The van der Waals surface area contributed by atoms with Crippen LogP contribution in [0.2, 0.25) is 0 Å². The van der Waals surface area contributed by atoms with Gasteiger partial charge in [0.1, 0.15) is 0 Å². The van der Waals surface area contributed by atoms with Crippen LogP contribution in [0.15, 0.2) is 27.4 Å². The number of aromatic amines is 1. The van der Waals surface area contributed by atoms with E-state index in [1.807, 2.05) is 18.2 Å². The molecule has 4 nitrogen and oxygen atoms in total. The number of rotatable bonds is 4. The summed E-state index contributed by atoms with van der Waals surface area (Å²) in [7, 11) is 0. The maximum absolute atomic E-state index is 11.0. The highest BCUT2D eigenvalue weighted by molar-refractivity contribution is 5.72. The topological polar surface area (TPSA) is 66.2 Å². The van der Waals surface area contributed by atoms with Crippen LogP contribution in [-0.4, -0.2) is 16.7 Å². The molecule has 0 aliphatic heterocycles. The fraction of sp³-hybridized carbons (Fsp3) is 0.417. The maximum Gasteiger partial charge on any atom is 0.417 e. The number of nitrogens with one attached hydrogen (secondary N) is 1. The van der Waals surface area contributed by atoms with Gasteiger partial charge in [-0.2, -0.15) is 0 Å². The van der Waals surface area contributed by atoms with Crippen LogP contribution < -0.4 is 5.76 Å². The average Bonchev–Trinajstić information content (AvgIpc) is 2.65. The number of benzene rings is 1. The number of hydrogen-bond acceptors (Lipinski definition) is 3. The summed E-state index contributed by atoms with van der Waals surface area (Å²) in [4.78, 5) is 13.6. The second-order valence-corrected chi connectivity index (χ2v) is 4.01. The molecule has 1 atom stereocenters. The van der Waals surface area contributed by atoms with E-state index in [2.05, 4.69) is 11.9 Å². The zero-order valence-corrected chi connectivity index (χ0v) is 9.19. The van der Waals surface area contributed by atoms with Crippen molar-refractivity contribution in [3.63, 3.8) is 0 Å². The van der Waals surface area contributed by atoms with Crippen LogP contribution in [0, 0.1) is 5.92 Å². The molecule has 2 aromatic rings. The first-order valence-corrected chi connectivity index (χ1v) is 5.45. The number of aliphatic hydroxyl groups is 1. The molecule has 0 bridgehead atoms. The summed E-state index contributed by atoms with van der Waals surface area (Å²) >= 11 is 0. The van der Waals surface area contributed by atoms with Gasteiger partial charge in [-0.1, -0.05) is 19.4 Å². The van der Waals surface area contributed by atoms with Gasteiger partial charge in [-0.15, -0.1) is 0 Å². The Labute approximate surface area is 92.9 Å². The Morgan fingerprint density at radius 3 is 3.00 bits per heavy atom. The highest BCUT2D eigenvalue weighted by atomic mass is 16.4. The van der Waals surface area contributed by atoms with Crippen molar-refractivity contribution in [1.82, 2.24) is 4.98 Å². The van der Waals surface area contributed by atoms with E-state index < -0.39 is 5.76 Å². The average molecular weight is 221 g/mol. The number of hydrogen-bond donors (Lipinski definition) is 2. The Morgan fingerprint density at radius 1 is 1.50 bits per heavy atom. The molecule has 2 N–H and O–H groups in total. The van der Waals surface area contributed by atoms with Crippen LogP contribution in [0.3, 0.4) is 0 Å². The van der Waals surface area contributed by atoms with Crippen molar-refractivity contribution in [2.75, 3.05) is 6.61 Å². The minimum absolute atomic E-state index is 0.186. The molecular formula is C12H15NO3. The lowest BCUT2D eigenvalue weighted by atomic mass is 9.98. The van der Waals surface area contributed by atoms with Gasteiger partial charge in [0.25, 0.3) is 0 Å². The standard InChI is InChI=1S/C12H15NO3/c1-2-8(7-14)5-9-3-4-10-11(6-9)16-12(15)13-10/h3-4,6,8,14H,2,5,7H2,1H3,(H,13,15). The Balaban J connectivity index is 2.28. The lowest BCUT2D eigenvalue weighted by Crippen LogP contribution is -2.07. The van der Waals surface area contributed by atoms with Gasteiger partial charge in [0.05, 0.1) is 5.52 Å². The highest BCUT2D eigenvalue weighted by Crippen LogP contribution is 2.16. The fourth-order valence-corrected chi connectivity index (χ4v) is 1.79. The van der Waals surface area contributed by atoms with Crippen molar-refractivity contribution < 1.29 is 9.52 Å². The van der Waals surface area contributed by atoms with E-state index in [9.17, 15) is 4.79 Å². The first-order chi connectivity index (χ1) is 7.72. The molecule has 1 aromatic carbocycles. The van der Waals surface area contributed by atoms with Gasteiger partial charge in [-0.3, -0.25) is 4.98 Å². The molecule has 0 aliphatic rings. The van der Waals surface area contributed by atoms with Crippen molar-refractivity contribution in [2.45, 2.75) is 19.8 Å². The second kappa shape index (κ2) is 4.53. The Bertz CT molecular complexity index is 522. The van der Waals surface area contributed by atoms with E-state index >= 15 is 0 Å². The van der Waals surface area contributed by atoms with Gasteiger partial charge < -0.3 is 9.52 Å². The van der Waals surface area contributed by atoms with E-state index in [-0.39, 0.29) is 12.5 Å². The molecule has 4 heteroatoms. The molecule has 0 saturated heterocycles. The van der Waals surface area contributed by atoms with Gasteiger partial charge in [-0.25, -0.2) is 4.79 Å². The van der Waals surface area contributed by atoms with E-state index in [0.717, 1.165) is 18.4 Å². The Morgan fingerprint density at radius 2 is 2.31 bits per heavy atom. The molecule has 0 aliphatic carbocycles. The number of H-pyrrole nitrogens is 1. The fourth-order valence-electron chi connectivity index (χ4n) is 1.79. The first kappa shape index (κ1) is 11.0. The summed E-state index contributed by atoms with van der Waals surface area (Å²) in [6.45, 7) is 2.24. The smallest absolute Gasteiger partial charge is 0.408 e. The van der Waals surface area contributed by atoms with Crippen LogP contribution in [0.5, 0.6) is 0 Å². The summed E-state index contributed by atoms with van der Waals surface area (Å²) in [5.41, 5.74) is 2.37. The van der Waals surface area contributed by atoms with E-state index in [1.54, 1.807) is 0 Å². The molecule has 1 heterocycles. The van der Waals surface area contributed by atoms with Gasteiger partial charge >= 0.3 is 5.76 Å². The van der Waals surface area contributed by atoms with Crippen molar-refractivity contribution in [1.29, 1.82) is 0 Å². The van der Waals surface area contributed by atoms with Crippen LogP contribution in [0.4, 0.5) is 0 Å². The molecule has 0 saturated carbocycles. The lowest BCUT2D eigenvalue weighted by Gasteiger charge is -2.10. The minimum Gasteiger partial charge on any atom is -0.408 e. The highest BCUT2D eigenvalue weighted by Gasteiger charge is 2.08. The van der Waals surface area contributed by atoms with Gasteiger partial charge in [-0.05, 0) is 30.0 Å². The third-order valence-corrected chi connectivity index (χ3v) is 2.85. The molecule has 0 fully saturated rings. The van der Waals surface area contributed by atoms with Crippen molar-refractivity contribution in [3.05, 3.63) is 34.3 Å².